The lowest BCUT2D eigenvalue weighted by Gasteiger charge is -2.49. The van der Waals surface area contributed by atoms with Gasteiger partial charge in [0.25, 0.3) is 0 Å². The van der Waals surface area contributed by atoms with Crippen LogP contribution in [-0.4, -0.2) is 45.1 Å². The van der Waals surface area contributed by atoms with Gasteiger partial charge in [-0.1, -0.05) is 121 Å². The lowest BCUT2D eigenvalue weighted by Crippen LogP contribution is -2.73. The van der Waals surface area contributed by atoms with Crippen LogP contribution in [0.3, 0.4) is 0 Å². The zero-order valence-electron chi connectivity index (χ0n) is 24.9. The summed E-state index contributed by atoms with van der Waals surface area (Å²) in [5.74, 6) is -1.24. The second kappa shape index (κ2) is 14.4. The number of β-lactam (4-membered cyclic amide) rings is 1. The molecular weight excluding hydrogens is 635 g/mol. The predicted molar refractivity (Wildman–Crippen MR) is 185 cm³/mol. The summed E-state index contributed by atoms with van der Waals surface area (Å²) in [6.07, 6.45) is -0.549. The zero-order chi connectivity index (χ0) is 32.0. The Morgan fingerprint density at radius 3 is 2.11 bits per heavy atom. The van der Waals surface area contributed by atoms with Gasteiger partial charge in [-0.25, -0.2) is 9.78 Å². The number of nitrogens with zero attached hydrogens (tertiary/aromatic N) is 2. The Hall–Kier alpha value is -4.38. The quantitative estimate of drug-likeness (QED) is 0.0652. The number of rotatable bonds is 12. The molecule has 3 atom stereocenters. The van der Waals surface area contributed by atoms with E-state index < -0.39 is 29.5 Å². The van der Waals surface area contributed by atoms with Crippen LogP contribution in [0.1, 0.15) is 29.7 Å². The number of likely N-dealkylation sites (tertiary alicyclic amines) is 1. The average Bonchev–Trinajstić information content (AvgIpc) is 3.50. The molecular formula is C36H31N3O4S3. The molecule has 1 saturated heterocycles. The van der Waals surface area contributed by atoms with Crippen LogP contribution >= 0.6 is 32.9 Å². The lowest BCUT2D eigenvalue weighted by molar-refractivity contribution is -0.165. The molecule has 1 aromatic heterocycles. The highest BCUT2D eigenvalue weighted by molar-refractivity contribution is 8.77. The summed E-state index contributed by atoms with van der Waals surface area (Å²) in [7, 11) is 2.80. The van der Waals surface area contributed by atoms with Gasteiger partial charge in [-0.3, -0.25) is 9.59 Å². The molecule has 1 fully saturated rings. The maximum atomic E-state index is 14.0. The largest absolute Gasteiger partial charge is 0.451 e. The molecule has 0 saturated carbocycles. The van der Waals surface area contributed by atoms with Crippen LogP contribution in [0.5, 0.6) is 0 Å². The molecule has 6 rings (SSSR count). The standard InChI is InChI=1S/C36H31N3O4S3/c1-23(2)31(35(42)43-32(25-16-8-4-9-17-25)26-18-10-5-11-19-26)39-33(41)30(38-29(40)22-24-14-6-3-7-15-24)34(39)45-46-36-37-27-20-12-13-21-28(27)44-36/h3-21,30-32,34H,1,22H2,2H3,(H,38,40). The van der Waals surface area contributed by atoms with E-state index in [4.69, 9.17) is 9.72 Å². The molecule has 3 unspecified atom stereocenters. The second-order valence-electron chi connectivity index (χ2n) is 10.9. The van der Waals surface area contributed by atoms with E-state index in [-0.39, 0.29) is 18.2 Å². The van der Waals surface area contributed by atoms with Crippen molar-refractivity contribution >= 4 is 60.9 Å². The van der Waals surface area contributed by atoms with Crippen LogP contribution in [0.4, 0.5) is 0 Å². The summed E-state index contributed by atoms with van der Waals surface area (Å²) in [4.78, 5) is 47.1. The van der Waals surface area contributed by atoms with Gasteiger partial charge < -0.3 is 15.0 Å². The number of amides is 2. The molecule has 232 valence electrons. The smallest absolute Gasteiger partial charge is 0.334 e. The molecule has 7 nitrogen and oxygen atoms in total. The van der Waals surface area contributed by atoms with Crippen molar-refractivity contribution in [2.75, 3.05) is 0 Å². The zero-order valence-corrected chi connectivity index (χ0v) is 27.4. The fourth-order valence-corrected chi connectivity index (χ4v) is 9.25. The van der Waals surface area contributed by atoms with Crippen molar-refractivity contribution in [3.05, 3.63) is 144 Å². The first-order valence-electron chi connectivity index (χ1n) is 14.7. The van der Waals surface area contributed by atoms with E-state index in [1.54, 1.807) is 18.3 Å². The van der Waals surface area contributed by atoms with Crippen molar-refractivity contribution in [3.63, 3.8) is 0 Å². The summed E-state index contributed by atoms with van der Waals surface area (Å²) < 4.78 is 8.05. The Bertz CT molecular complexity index is 1780. The monoisotopic (exact) mass is 665 g/mol. The van der Waals surface area contributed by atoms with Crippen LogP contribution in [0.15, 0.2) is 132 Å². The Balaban J connectivity index is 1.26. The van der Waals surface area contributed by atoms with E-state index >= 15 is 0 Å². The molecule has 1 aliphatic rings. The Kier molecular flexibility index (Phi) is 9.87. The first-order valence-corrected chi connectivity index (χ1v) is 17.7. The van der Waals surface area contributed by atoms with Gasteiger partial charge in [0.05, 0.1) is 16.6 Å². The van der Waals surface area contributed by atoms with Gasteiger partial charge in [0.2, 0.25) is 11.8 Å². The highest BCUT2D eigenvalue weighted by atomic mass is 33.1. The van der Waals surface area contributed by atoms with E-state index in [9.17, 15) is 14.4 Å². The highest BCUT2D eigenvalue weighted by Gasteiger charge is 2.54. The van der Waals surface area contributed by atoms with Crippen molar-refractivity contribution in [1.29, 1.82) is 0 Å². The molecule has 46 heavy (non-hydrogen) atoms. The third kappa shape index (κ3) is 7.04. The molecule has 0 bridgehead atoms. The van der Waals surface area contributed by atoms with Crippen molar-refractivity contribution in [2.24, 2.45) is 0 Å². The van der Waals surface area contributed by atoms with Gasteiger partial charge in [-0.05, 0) is 52.1 Å². The Morgan fingerprint density at radius 1 is 0.913 bits per heavy atom. The summed E-state index contributed by atoms with van der Waals surface area (Å²) in [5, 5.41) is 2.34. The highest BCUT2D eigenvalue weighted by Crippen LogP contribution is 2.45. The molecule has 0 radical (unpaired) electrons. The first kappa shape index (κ1) is 31.6. The fraction of sp³-hybridized carbons (Fsp3) is 0.167. The van der Waals surface area contributed by atoms with Crippen LogP contribution in [-0.2, 0) is 25.5 Å². The number of nitrogens with one attached hydrogen (secondary N) is 1. The SMILES string of the molecule is C=C(C)C(C(=O)OC(c1ccccc1)c1ccccc1)N1C(=O)C(NC(=O)Cc2ccccc2)C1SSc1nc2ccccc2s1. The van der Waals surface area contributed by atoms with Gasteiger partial charge in [0.1, 0.15) is 11.4 Å². The Morgan fingerprint density at radius 2 is 1.50 bits per heavy atom. The number of hydrogen-bond donors (Lipinski definition) is 1. The van der Waals surface area contributed by atoms with Gasteiger partial charge in [0.15, 0.2) is 16.5 Å². The molecule has 10 heteroatoms. The number of benzene rings is 4. The number of thiazole rings is 1. The summed E-state index contributed by atoms with van der Waals surface area (Å²) in [6.45, 7) is 5.79. The number of ether oxygens (including phenoxy) is 1. The molecule has 0 spiro atoms. The van der Waals surface area contributed by atoms with Crippen molar-refractivity contribution < 1.29 is 19.1 Å². The minimum absolute atomic E-state index is 0.134. The molecule has 2 heterocycles. The van der Waals surface area contributed by atoms with Crippen molar-refractivity contribution in [1.82, 2.24) is 15.2 Å². The van der Waals surface area contributed by atoms with Crippen LogP contribution in [0, 0.1) is 0 Å². The molecule has 4 aromatic carbocycles. The molecule has 5 aromatic rings. The molecule has 2 amide bonds. The van der Waals surface area contributed by atoms with Crippen molar-refractivity contribution in [2.45, 2.75) is 41.2 Å². The second-order valence-corrected chi connectivity index (χ2v) is 14.5. The normalized spacial score (nSPS) is 16.6. The summed E-state index contributed by atoms with van der Waals surface area (Å²) >= 11 is 1.55. The topological polar surface area (TPSA) is 88.6 Å². The van der Waals surface area contributed by atoms with E-state index in [2.05, 4.69) is 11.9 Å². The molecule has 0 aliphatic carbocycles. The maximum absolute atomic E-state index is 14.0. The number of hydrogen-bond acceptors (Lipinski definition) is 8. The number of esters is 1. The van der Waals surface area contributed by atoms with Crippen LogP contribution in [0.25, 0.3) is 10.2 Å². The van der Waals surface area contributed by atoms with E-state index in [0.29, 0.717) is 5.57 Å². The minimum atomic E-state index is -1.06. The number of carbonyl (C=O) groups is 3. The maximum Gasteiger partial charge on any atom is 0.334 e. The fourth-order valence-electron chi connectivity index (χ4n) is 5.30. The summed E-state index contributed by atoms with van der Waals surface area (Å²) in [6, 6.07) is 34.3. The van der Waals surface area contributed by atoms with Crippen molar-refractivity contribution in [3.8, 4) is 0 Å². The molecule has 1 N–H and O–H groups in total. The first-order chi connectivity index (χ1) is 22.4. The van der Waals surface area contributed by atoms with Gasteiger partial charge in [-0.15, -0.1) is 11.3 Å². The van der Waals surface area contributed by atoms with Crippen LogP contribution < -0.4 is 5.32 Å². The third-order valence-electron chi connectivity index (χ3n) is 7.50. The van der Waals surface area contributed by atoms with Gasteiger partial charge in [0, 0.05) is 0 Å². The van der Waals surface area contributed by atoms with Crippen LogP contribution in [0.2, 0.25) is 0 Å². The molecule has 1 aliphatic heterocycles. The predicted octanol–water partition coefficient (Wildman–Crippen LogP) is 7.21. The average molecular weight is 666 g/mol. The third-order valence-corrected chi connectivity index (χ3v) is 11.5. The summed E-state index contributed by atoms with van der Waals surface area (Å²) in [5.41, 5.74) is 3.80. The number of aromatic nitrogens is 1. The number of para-hydroxylation sites is 1. The van der Waals surface area contributed by atoms with Gasteiger partial charge in [-0.2, -0.15) is 0 Å². The van der Waals surface area contributed by atoms with E-state index in [1.165, 1.54) is 26.5 Å². The van der Waals surface area contributed by atoms with E-state index in [0.717, 1.165) is 31.2 Å². The minimum Gasteiger partial charge on any atom is -0.451 e. The van der Waals surface area contributed by atoms with Gasteiger partial charge >= 0.3 is 5.97 Å². The number of carbonyl (C=O) groups excluding carboxylic acids is 3. The number of fused-ring (bicyclic) bond motifs is 1. The Labute approximate surface area is 279 Å². The van der Waals surface area contributed by atoms with E-state index in [1.807, 2.05) is 115 Å². The lowest BCUT2D eigenvalue weighted by atomic mass is 9.98.